The van der Waals surface area contributed by atoms with E-state index in [1.54, 1.807) is 6.92 Å². The van der Waals surface area contributed by atoms with E-state index in [-0.39, 0.29) is 21.2 Å². The van der Waals surface area contributed by atoms with Crippen molar-refractivity contribution < 1.29 is 9.18 Å². The molecule has 0 atom stereocenters. The van der Waals surface area contributed by atoms with Crippen molar-refractivity contribution in [1.29, 1.82) is 0 Å². The summed E-state index contributed by atoms with van der Waals surface area (Å²) in [5.41, 5.74) is 6.60. The fourth-order valence-corrected chi connectivity index (χ4v) is 2.94. The van der Waals surface area contributed by atoms with E-state index < -0.39 is 11.6 Å². The van der Waals surface area contributed by atoms with Gasteiger partial charge >= 0.3 is 0 Å². The van der Waals surface area contributed by atoms with Crippen LogP contribution in [-0.4, -0.2) is 5.78 Å². The minimum Gasteiger partial charge on any atom is -0.398 e. The van der Waals surface area contributed by atoms with Gasteiger partial charge in [0.1, 0.15) is 10.2 Å². The number of hydrogen-bond donors (Lipinski definition) is 1. The largest absolute Gasteiger partial charge is 0.398 e. The molecule has 0 aliphatic rings. The number of halogens is 3. The average molecular weight is 304 g/mol. The van der Waals surface area contributed by atoms with Crippen molar-refractivity contribution in [3.8, 4) is 0 Å². The lowest BCUT2D eigenvalue weighted by Gasteiger charge is -2.05. The molecule has 18 heavy (non-hydrogen) atoms. The fraction of sp³-hybridized carbons (Fsp3) is 0.0833. The SMILES string of the molecule is Cc1c(N)cc(C(=O)c2cc(Cl)sc2Cl)cc1F. The van der Waals surface area contributed by atoms with Gasteiger partial charge in [0.05, 0.1) is 9.90 Å². The second kappa shape index (κ2) is 4.88. The van der Waals surface area contributed by atoms with E-state index in [1.807, 2.05) is 0 Å². The topological polar surface area (TPSA) is 43.1 Å². The van der Waals surface area contributed by atoms with Crippen LogP contribution in [0.15, 0.2) is 18.2 Å². The normalized spacial score (nSPS) is 10.7. The summed E-state index contributed by atoms with van der Waals surface area (Å²) in [4.78, 5) is 12.1. The summed E-state index contributed by atoms with van der Waals surface area (Å²) in [5.74, 6) is -0.912. The second-order valence-electron chi connectivity index (χ2n) is 3.74. The Hall–Kier alpha value is -1.10. The molecule has 0 saturated heterocycles. The Balaban J connectivity index is 2.50. The van der Waals surface area contributed by atoms with Crippen LogP contribution in [-0.2, 0) is 0 Å². The Kier molecular flexibility index (Phi) is 3.61. The lowest BCUT2D eigenvalue weighted by Crippen LogP contribution is -2.04. The third-order valence-corrected chi connectivity index (χ3v) is 4.04. The van der Waals surface area contributed by atoms with E-state index in [1.165, 1.54) is 12.1 Å². The quantitative estimate of drug-likeness (QED) is 0.663. The van der Waals surface area contributed by atoms with Crippen LogP contribution in [0, 0.1) is 12.7 Å². The molecular weight excluding hydrogens is 296 g/mol. The highest BCUT2D eigenvalue weighted by Gasteiger charge is 2.18. The summed E-state index contributed by atoms with van der Waals surface area (Å²) in [6, 6.07) is 4.05. The average Bonchev–Trinajstić information content (AvgIpc) is 2.63. The van der Waals surface area contributed by atoms with Crippen LogP contribution in [0.3, 0.4) is 0 Å². The molecule has 2 rings (SSSR count). The highest BCUT2D eigenvalue weighted by atomic mass is 35.5. The molecule has 6 heteroatoms. The maximum atomic E-state index is 13.5. The van der Waals surface area contributed by atoms with Gasteiger partial charge in [0.15, 0.2) is 5.78 Å². The molecule has 0 amide bonds. The van der Waals surface area contributed by atoms with Crippen molar-refractivity contribution in [2.75, 3.05) is 5.73 Å². The van der Waals surface area contributed by atoms with Crippen LogP contribution in [0.5, 0.6) is 0 Å². The minimum atomic E-state index is -0.518. The van der Waals surface area contributed by atoms with Crippen molar-refractivity contribution in [2.45, 2.75) is 6.92 Å². The molecule has 2 aromatic rings. The summed E-state index contributed by atoms with van der Waals surface area (Å²) in [6.07, 6.45) is 0. The van der Waals surface area contributed by atoms with Gasteiger partial charge in [-0.3, -0.25) is 4.79 Å². The highest BCUT2D eigenvalue weighted by Crippen LogP contribution is 2.33. The van der Waals surface area contributed by atoms with Gasteiger partial charge in [-0.25, -0.2) is 4.39 Å². The molecule has 2 nitrogen and oxygen atoms in total. The molecule has 0 radical (unpaired) electrons. The molecule has 0 unspecified atom stereocenters. The number of hydrogen-bond acceptors (Lipinski definition) is 3. The molecular formula is C12H8Cl2FNOS. The second-order valence-corrected chi connectivity index (χ2v) is 6.02. The number of nitrogen functional groups attached to an aromatic ring is 1. The number of ketones is 1. The van der Waals surface area contributed by atoms with Crippen LogP contribution in [0.1, 0.15) is 21.5 Å². The van der Waals surface area contributed by atoms with E-state index in [9.17, 15) is 9.18 Å². The Morgan fingerprint density at radius 3 is 2.50 bits per heavy atom. The van der Waals surface area contributed by atoms with Crippen LogP contribution >= 0.6 is 34.5 Å². The van der Waals surface area contributed by atoms with Gasteiger partial charge in [0, 0.05) is 16.8 Å². The van der Waals surface area contributed by atoms with Crippen LogP contribution in [0.4, 0.5) is 10.1 Å². The van der Waals surface area contributed by atoms with Crippen LogP contribution in [0.25, 0.3) is 0 Å². The zero-order valence-corrected chi connectivity index (χ0v) is 11.6. The molecule has 0 fully saturated rings. The summed E-state index contributed by atoms with van der Waals surface area (Å²) in [5, 5.41) is 0. The molecule has 94 valence electrons. The number of thiophene rings is 1. The standard InChI is InChI=1S/C12H8Cl2FNOS/c1-5-8(15)2-6(3-9(5)16)11(17)7-4-10(13)18-12(7)14/h2-4H,16H2,1H3. The fourth-order valence-electron chi connectivity index (χ4n) is 1.48. The van der Waals surface area contributed by atoms with Gasteiger partial charge in [-0.05, 0) is 25.1 Å². The lowest BCUT2D eigenvalue weighted by molar-refractivity contribution is 0.103. The van der Waals surface area contributed by atoms with E-state index >= 15 is 0 Å². The predicted molar refractivity (Wildman–Crippen MR) is 73.3 cm³/mol. The van der Waals surface area contributed by atoms with Crippen LogP contribution in [0.2, 0.25) is 8.67 Å². The first kappa shape index (κ1) is 13.3. The number of nitrogens with two attached hydrogens (primary N) is 1. The predicted octanol–water partition coefficient (Wildman–Crippen LogP) is 4.32. The lowest BCUT2D eigenvalue weighted by atomic mass is 10.0. The first-order valence-corrected chi connectivity index (χ1v) is 6.52. The van der Waals surface area contributed by atoms with E-state index in [2.05, 4.69) is 0 Å². The molecule has 0 saturated carbocycles. The smallest absolute Gasteiger partial charge is 0.195 e. The molecule has 1 aromatic heterocycles. The third-order valence-electron chi connectivity index (χ3n) is 2.55. The van der Waals surface area contributed by atoms with Gasteiger partial charge in [0.2, 0.25) is 0 Å². The zero-order chi connectivity index (χ0) is 13.4. The molecule has 0 spiro atoms. The van der Waals surface area contributed by atoms with Crippen molar-refractivity contribution in [3.63, 3.8) is 0 Å². The van der Waals surface area contributed by atoms with Gasteiger partial charge < -0.3 is 5.73 Å². The van der Waals surface area contributed by atoms with Crippen molar-refractivity contribution in [2.24, 2.45) is 0 Å². The van der Waals surface area contributed by atoms with Gasteiger partial charge in [0.25, 0.3) is 0 Å². The maximum absolute atomic E-state index is 13.5. The number of benzene rings is 1. The first-order valence-electron chi connectivity index (χ1n) is 4.95. The van der Waals surface area contributed by atoms with E-state index in [4.69, 9.17) is 28.9 Å². The Bertz CT molecular complexity index is 616. The number of rotatable bonds is 2. The first-order chi connectivity index (χ1) is 8.40. The monoisotopic (exact) mass is 303 g/mol. The summed E-state index contributed by atoms with van der Waals surface area (Å²) in [7, 11) is 0. The zero-order valence-electron chi connectivity index (χ0n) is 9.26. The van der Waals surface area contributed by atoms with Crippen LogP contribution < -0.4 is 5.73 Å². The summed E-state index contributed by atoms with van der Waals surface area (Å²) in [6.45, 7) is 1.55. The molecule has 1 aromatic carbocycles. The molecule has 2 N–H and O–H groups in total. The number of carbonyl (C=O) groups is 1. The molecule has 0 bridgehead atoms. The maximum Gasteiger partial charge on any atom is 0.195 e. The van der Waals surface area contributed by atoms with Crippen molar-refractivity contribution in [3.05, 3.63) is 49.4 Å². The molecule has 0 aliphatic heterocycles. The van der Waals surface area contributed by atoms with Crippen molar-refractivity contribution in [1.82, 2.24) is 0 Å². The Morgan fingerprint density at radius 2 is 2.00 bits per heavy atom. The molecule has 1 heterocycles. The van der Waals surface area contributed by atoms with E-state index in [0.717, 1.165) is 17.4 Å². The Morgan fingerprint density at radius 1 is 1.33 bits per heavy atom. The highest BCUT2D eigenvalue weighted by molar-refractivity contribution is 7.20. The minimum absolute atomic E-state index is 0.159. The van der Waals surface area contributed by atoms with Gasteiger partial charge in [-0.15, -0.1) is 11.3 Å². The van der Waals surface area contributed by atoms with Gasteiger partial charge in [-0.1, -0.05) is 23.2 Å². The van der Waals surface area contributed by atoms with E-state index in [0.29, 0.717) is 9.90 Å². The summed E-state index contributed by atoms with van der Waals surface area (Å²) >= 11 is 12.7. The summed E-state index contributed by atoms with van der Waals surface area (Å²) < 4.78 is 14.2. The molecule has 0 aliphatic carbocycles. The van der Waals surface area contributed by atoms with Gasteiger partial charge in [-0.2, -0.15) is 0 Å². The Labute approximate surface area is 117 Å². The third kappa shape index (κ3) is 2.36. The number of carbonyl (C=O) groups excluding carboxylic acids is 1. The van der Waals surface area contributed by atoms with Crippen molar-refractivity contribution >= 4 is 46.0 Å². The number of anilines is 1.